The van der Waals surface area contributed by atoms with Crippen LogP contribution in [0.2, 0.25) is 0 Å². The highest BCUT2D eigenvalue weighted by Gasteiger charge is 2.60. The Kier molecular flexibility index (Phi) is 3.08. The van der Waals surface area contributed by atoms with Crippen LogP contribution in [0.4, 0.5) is 0 Å². The molecule has 1 aliphatic carbocycles. The van der Waals surface area contributed by atoms with Crippen molar-refractivity contribution in [3.05, 3.63) is 0 Å². The predicted octanol–water partition coefficient (Wildman–Crippen LogP) is 2.15. The zero-order valence-corrected chi connectivity index (χ0v) is 12.0. The summed E-state index contributed by atoms with van der Waals surface area (Å²) in [7, 11) is 0. The van der Waals surface area contributed by atoms with Crippen LogP contribution in [0, 0.1) is 0 Å². The minimum absolute atomic E-state index is 0.00637. The quantitative estimate of drug-likeness (QED) is 0.818. The molecule has 1 saturated carbocycles. The van der Waals surface area contributed by atoms with Crippen LogP contribution in [-0.4, -0.2) is 40.8 Å². The number of nitrogens with two attached hydrogens (primary N) is 1. The van der Waals surface area contributed by atoms with Gasteiger partial charge in [0.2, 0.25) is 0 Å². The molecular weight excluding hydrogens is 212 g/mol. The molecule has 3 nitrogen and oxygen atoms in total. The molecule has 0 radical (unpaired) electrons. The van der Waals surface area contributed by atoms with Gasteiger partial charge in [-0.1, -0.05) is 6.92 Å². The molecule has 0 bridgehead atoms. The molecule has 2 N–H and O–H groups in total. The molecule has 0 aromatic carbocycles. The maximum Gasteiger partial charge on any atom is 0.0830 e. The van der Waals surface area contributed by atoms with Crippen molar-refractivity contribution in [1.82, 2.24) is 4.90 Å². The molecule has 1 atom stereocenters. The summed E-state index contributed by atoms with van der Waals surface area (Å²) in [5, 5.41) is 0. The van der Waals surface area contributed by atoms with E-state index in [1.165, 1.54) is 12.8 Å². The third-order valence-corrected chi connectivity index (χ3v) is 4.59. The molecular formula is C14H28N2O. The number of hydrogen-bond donors (Lipinski definition) is 1. The van der Waals surface area contributed by atoms with E-state index in [1.807, 2.05) is 0 Å². The van der Waals surface area contributed by atoms with Crippen molar-refractivity contribution >= 4 is 0 Å². The smallest absolute Gasteiger partial charge is 0.0830 e. The van der Waals surface area contributed by atoms with Gasteiger partial charge in [-0.05, 0) is 53.5 Å². The Hall–Kier alpha value is -0.120. The van der Waals surface area contributed by atoms with E-state index in [0.29, 0.717) is 6.54 Å². The van der Waals surface area contributed by atoms with Gasteiger partial charge in [-0.15, -0.1) is 0 Å². The molecule has 2 rings (SSSR count). The lowest BCUT2D eigenvalue weighted by Gasteiger charge is -2.47. The fraction of sp³-hybridized carbons (Fsp3) is 1.00. The summed E-state index contributed by atoms with van der Waals surface area (Å²) in [4.78, 5) is 2.61. The molecule has 100 valence electrons. The molecule has 0 amide bonds. The van der Waals surface area contributed by atoms with Crippen LogP contribution in [0.3, 0.4) is 0 Å². The molecule has 0 aromatic heterocycles. The number of hydrogen-bond acceptors (Lipinski definition) is 3. The second-order valence-electron chi connectivity index (χ2n) is 6.80. The summed E-state index contributed by atoms with van der Waals surface area (Å²) >= 11 is 0. The minimum Gasteiger partial charge on any atom is -0.368 e. The third kappa shape index (κ3) is 2.02. The summed E-state index contributed by atoms with van der Waals surface area (Å²) in [6.45, 7) is 12.8. The Balaban J connectivity index is 2.35. The third-order valence-electron chi connectivity index (χ3n) is 4.59. The minimum atomic E-state index is -0.163. The zero-order chi connectivity index (χ0) is 12.9. The second kappa shape index (κ2) is 3.94. The standard InChI is InChI=1S/C14H28N2O/c1-6-16(11-7-8-11)14(10-15)9-12(2,3)17-13(14,4)5/h11H,6-10,15H2,1-5H3. The maximum atomic E-state index is 6.28. The lowest BCUT2D eigenvalue weighted by atomic mass is 9.77. The number of rotatable bonds is 4. The highest BCUT2D eigenvalue weighted by molar-refractivity contribution is 5.15. The number of nitrogens with zero attached hydrogens (tertiary/aromatic N) is 1. The van der Waals surface area contributed by atoms with Gasteiger partial charge in [-0.2, -0.15) is 0 Å². The number of likely N-dealkylation sites (N-methyl/N-ethyl adjacent to an activating group) is 1. The van der Waals surface area contributed by atoms with Crippen molar-refractivity contribution in [3.63, 3.8) is 0 Å². The van der Waals surface area contributed by atoms with Crippen molar-refractivity contribution in [2.45, 2.75) is 76.7 Å². The lowest BCUT2D eigenvalue weighted by molar-refractivity contribution is -0.105. The number of ether oxygens (including phenoxy) is 1. The van der Waals surface area contributed by atoms with Gasteiger partial charge in [0.25, 0.3) is 0 Å². The summed E-state index contributed by atoms with van der Waals surface area (Å²) < 4.78 is 6.28. The van der Waals surface area contributed by atoms with Crippen molar-refractivity contribution in [2.75, 3.05) is 13.1 Å². The Morgan fingerprint density at radius 1 is 1.24 bits per heavy atom. The summed E-state index contributed by atoms with van der Waals surface area (Å²) in [5.41, 5.74) is 5.97. The van der Waals surface area contributed by atoms with Crippen LogP contribution in [0.1, 0.15) is 53.9 Å². The van der Waals surface area contributed by atoms with Gasteiger partial charge in [0.1, 0.15) is 0 Å². The molecule has 2 aliphatic rings. The van der Waals surface area contributed by atoms with E-state index in [4.69, 9.17) is 10.5 Å². The van der Waals surface area contributed by atoms with E-state index in [9.17, 15) is 0 Å². The maximum absolute atomic E-state index is 6.28. The van der Waals surface area contributed by atoms with Gasteiger partial charge < -0.3 is 10.5 Å². The normalized spacial score (nSPS) is 35.5. The molecule has 0 aromatic rings. The van der Waals surface area contributed by atoms with Crippen LogP contribution >= 0.6 is 0 Å². The second-order valence-corrected chi connectivity index (χ2v) is 6.80. The van der Waals surface area contributed by atoms with E-state index in [1.54, 1.807) is 0 Å². The van der Waals surface area contributed by atoms with E-state index >= 15 is 0 Å². The first kappa shape index (κ1) is 13.3. The molecule has 2 fully saturated rings. The fourth-order valence-electron chi connectivity index (χ4n) is 3.92. The van der Waals surface area contributed by atoms with Crippen LogP contribution in [-0.2, 0) is 4.74 Å². The van der Waals surface area contributed by atoms with Gasteiger partial charge in [0, 0.05) is 12.6 Å². The summed E-state index contributed by atoms with van der Waals surface area (Å²) in [5.74, 6) is 0. The Morgan fingerprint density at radius 3 is 2.12 bits per heavy atom. The van der Waals surface area contributed by atoms with Gasteiger partial charge in [-0.3, -0.25) is 4.90 Å². The SMILES string of the molecule is CCN(C1CC1)C1(CN)CC(C)(C)OC1(C)C. The first-order chi connectivity index (χ1) is 7.78. The fourth-order valence-corrected chi connectivity index (χ4v) is 3.92. The highest BCUT2D eigenvalue weighted by atomic mass is 16.5. The molecule has 3 heteroatoms. The molecule has 1 unspecified atom stereocenters. The van der Waals surface area contributed by atoms with Crippen LogP contribution in [0.5, 0.6) is 0 Å². The average Bonchev–Trinajstić information content (AvgIpc) is 2.95. The molecule has 0 spiro atoms. The first-order valence-corrected chi connectivity index (χ1v) is 6.95. The first-order valence-electron chi connectivity index (χ1n) is 6.95. The Morgan fingerprint density at radius 2 is 1.82 bits per heavy atom. The summed E-state index contributed by atoms with van der Waals surface area (Å²) in [6, 6.07) is 0.736. The lowest BCUT2D eigenvalue weighted by Crippen LogP contribution is -2.64. The predicted molar refractivity (Wildman–Crippen MR) is 71.0 cm³/mol. The van der Waals surface area contributed by atoms with Gasteiger partial charge in [0.05, 0.1) is 16.7 Å². The average molecular weight is 240 g/mol. The molecule has 1 saturated heterocycles. The van der Waals surface area contributed by atoms with Crippen molar-refractivity contribution < 1.29 is 4.74 Å². The van der Waals surface area contributed by atoms with Crippen LogP contribution < -0.4 is 5.73 Å². The monoisotopic (exact) mass is 240 g/mol. The van der Waals surface area contributed by atoms with E-state index < -0.39 is 0 Å². The molecule has 17 heavy (non-hydrogen) atoms. The summed E-state index contributed by atoms with van der Waals surface area (Å²) in [6.07, 6.45) is 3.69. The zero-order valence-electron chi connectivity index (χ0n) is 12.0. The van der Waals surface area contributed by atoms with Crippen LogP contribution in [0.15, 0.2) is 0 Å². The highest BCUT2D eigenvalue weighted by Crippen LogP contribution is 2.50. The van der Waals surface area contributed by atoms with Gasteiger partial charge >= 0.3 is 0 Å². The van der Waals surface area contributed by atoms with Crippen molar-refractivity contribution in [3.8, 4) is 0 Å². The van der Waals surface area contributed by atoms with E-state index in [-0.39, 0.29) is 16.7 Å². The van der Waals surface area contributed by atoms with E-state index in [2.05, 4.69) is 39.5 Å². The molecule has 1 heterocycles. The Bertz CT molecular complexity index is 297. The van der Waals surface area contributed by atoms with Gasteiger partial charge in [0.15, 0.2) is 0 Å². The van der Waals surface area contributed by atoms with Gasteiger partial charge in [-0.25, -0.2) is 0 Å². The molecule has 1 aliphatic heterocycles. The Labute approximate surface area is 106 Å². The largest absolute Gasteiger partial charge is 0.368 e. The van der Waals surface area contributed by atoms with Crippen LogP contribution in [0.25, 0.3) is 0 Å². The van der Waals surface area contributed by atoms with Crippen molar-refractivity contribution in [1.29, 1.82) is 0 Å². The van der Waals surface area contributed by atoms with Crippen molar-refractivity contribution in [2.24, 2.45) is 5.73 Å². The topological polar surface area (TPSA) is 38.5 Å². The van der Waals surface area contributed by atoms with E-state index in [0.717, 1.165) is 19.0 Å².